The zero-order valence-electron chi connectivity index (χ0n) is 22.1. The van der Waals surface area contributed by atoms with E-state index in [9.17, 15) is 18.0 Å². The summed E-state index contributed by atoms with van der Waals surface area (Å²) in [5.74, 6) is -0.672. The van der Waals surface area contributed by atoms with Crippen LogP contribution in [0.1, 0.15) is 26.0 Å². The van der Waals surface area contributed by atoms with Crippen molar-refractivity contribution < 1.29 is 32.2 Å². The van der Waals surface area contributed by atoms with Gasteiger partial charge in [-0.1, -0.05) is 12.1 Å². The molecule has 1 amide bonds. The number of fused-ring (bicyclic) bond motifs is 2. The topological polar surface area (TPSA) is 111 Å². The first-order chi connectivity index (χ1) is 19.0. The van der Waals surface area contributed by atoms with Gasteiger partial charge in [0.25, 0.3) is 0 Å². The number of thiazole rings is 1. The minimum absolute atomic E-state index is 0.0495. The van der Waals surface area contributed by atoms with Gasteiger partial charge >= 0.3 is 12.3 Å². The summed E-state index contributed by atoms with van der Waals surface area (Å²) in [6, 6.07) is 7.38. The number of benzene rings is 1. The first-order valence-corrected chi connectivity index (χ1v) is 13.9. The quantitative estimate of drug-likeness (QED) is 0.408. The average molecular weight is 579 g/mol. The Morgan fingerprint density at radius 1 is 1.15 bits per heavy atom. The zero-order valence-corrected chi connectivity index (χ0v) is 22.9. The van der Waals surface area contributed by atoms with E-state index in [1.54, 1.807) is 11.8 Å². The van der Waals surface area contributed by atoms with Crippen molar-refractivity contribution in [3.63, 3.8) is 0 Å². The maximum Gasteiger partial charge on any atom is 0.409 e. The zero-order chi connectivity index (χ0) is 28.2. The number of nitrogens with zero attached hydrogens (tertiary/aromatic N) is 4. The molecule has 3 aromatic rings. The predicted octanol–water partition coefficient (Wildman–Crippen LogP) is 4.81. The van der Waals surface area contributed by atoms with Gasteiger partial charge in [-0.05, 0) is 39.3 Å². The fourth-order valence-electron chi connectivity index (χ4n) is 5.63. The van der Waals surface area contributed by atoms with Gasteiger partial charge in [0.15, 0.2) is 5.79 Å². The van der Waals surface area contributed by atoms with Gasteiger partial charge in [-0.3, -0.25) is 0 Å². The summed E-state index contributed by atoms with van der Waals surface area (Å²) < 4.78 is 57.6. The van der Waals surface area contributed by atoms with Crippen LogP contribution < -0.4 is 10.6 Å². The van der Waals surface area contributed by atoms with Gasteiger partial charge < -0.3 is 29.7 Å². The Kier molecular flexibility index (Phi) is 6.74. The SMILES string of the molecule is Cc1nc(NCC(F)(F)F)nc(N[C@@H]2C[C@H](CN3CCOC3=O)[C@H]3OC(C)(C)O[C@H]32)c1-c1nc2ccccc2s1. The smallest absolute Gasteiger partial charge is 0.409 e. The molecule has 0 unspecified atom stereocenters. The molecule has 40 heavy (non-hydrogen) atoms. The maximum absolute atomic E-state index is 13.0. The van der Waals surface area contributed by atoms with Gasteiger partial charge in [0.05, 0.1) is 40.2 Å². The Bertz CT molecular complexity index is 1400. The molecule has 14 heteroatoms. The fraction of sp³-hybridized carbons (Fsp3) is 0.538. The van der Waals surface area contributed by atoms with Crippen molar-refractivity contribution in [3.8, 4) is 10.6 Å². The molecule has 0 bridgehead atoms. The van der Waals surface area contributed by atoms with Crippen LogP contribution in [-0.4, -0.2) is 82.4 Å². The normalized spacial score (nSPS) is 25.9. The summed E-state index contributed by atoms with van der Waals surface area (Å²) in [7, 11) is 0. The Hall–Kier alpha value is -3.23. The number of para-hydroxylation sites is 1. The molecule has 3 aliphatic rings. The van der Waals surface area contributed by atoms with E-state index in [4.69, 9.17) is 19.2 Å². The molecule has 4 heterocycles. The van der Waals surface area contributed by atoms with Crippen LogP contribution in [0.4, 0.5) is 29.7 Å². The molecular weight excluding hydrogens is 549 g/mol. The lowest BCUT2D eigenvalue weighted by atomic mass is 10.0. The third-order valence-corrected chi connectivity index (χ3v) is 8.30. The van der Waals surface area contributed by atoms with E-state index in [-0.39, 0.29) is 36.2 Å². The molecule has 2 aliphatic heterocycles. The Morgan fingerprint density at radius 2 is 1.93 bits per heavy atom. The first kappa shape index (κ1) is 27.0. The number of hydrogen-bond donors (Lipinski definition) is 2. The number of amides is 1. The fourth-order valence-corrected chi connectivity index (χ4v) is 6.69. The predicted molar refractivity (Wildman–Crippen MR) is 142 cm³/mol. The number of cyclic esters (lactones) is 1. The molecule has 0 spiro atoms. The van der Waals surface area contributed by atoms with Crippen molar-refractivity contribution in [1.29, 1.82) is 0 Å². The van der Waals surface area contributed by atoms with Gasteiger partial charge in [0.2, 0.25) is 5.95 Å². The molecule has 1 saturated carbocycles. The molecule has 1 aromatic carbocycles. The van der Waals surface area contributed by atoms with E-state index in [0.29, 0.717) is 48.2 Å². The number of alkyl halides is 3. The highest BCUT2D eigenvalue weighted by Crippen LogP contribution is 2.44. The molecule has 10 nitrogen and oxygen atoms in total. The van der Waals surface area contributed by atoms with Crippen LogP contribution in [0.5, 0.6) is 0 Å². The summed E-state index contributed by atoms with van der Waals surface area (Å²) in [5, 5.41) is 6.41. The van der Waals surface area contributed by atoms with Crippen molar-refractivity contribution in [2.75, 3.05) is 36.9 Å². The minimum Gasteiger partial charge on any atom is -0.448 e. The van der Waals surface area contributed by atoms with E-state index in [1.165, 1.54) is 11.3 Å². The van der Waals surface area contributed by atoms with Gasteiger partial charge in [-0.25, -0.2) is 14.8 Å². The molecule has 2 aromatic heterocycles. The first-order valence-electron chi connectivity index (χ1n) is 13.0. The van der Waals surface area contributed by atoms with E-state index in [2.05, 4.69) is 20.6 Å². The lowest BCUT2D eigenvalue weighted by Crippen LogP contribution is -2.36. The summed E-state index contributed by atoms with van der Waals surface area (Å²) in [4.78, 5) is 27.4. The second-order valence-electron chi connectivity index (χ2n) is 10.7. The van der Waals surface area contributed by atoms with Gasteiger partial charge in [-0.15, -0.1) is 11.3 Å². The number of halogens is 3. The van der Waals surface area contributed by atoms with Crippen LogP contribution in [-0.2, 0) is 14.2 Å². The summed E-state index contributed by atoms with van der Waals surface area (Å²) in [6.07, 6.45) is -4.86. The largest absolute Gasteiger partial charge is 0.448 e. The number of rotatable bonds is 7. The van der Waals surface area contributed by atoms with Crippen LogP contribution in [0.25, 0.3) is 20.8 Å². The van der Waals surface area contributed by atoms with Crippen LogP contribution in [0, 0.1) is 12.8 Å². The van der Waals surface area contributed by atoms with E-state index >= 15 is 0 Å². The standard InChI is InChI=1S/C26H29F3N6O4S/c1-13-18(22-33-15-6-4-5-7-17(15)40-22)21(34-23(31-13)30-12-26(27,28)29)32-16-10-14(11-35-8-9-37-24(35)36)19-20(16)39-25(2,3)38-19/h4-7,14,16,19-20H,8-12H2,1-3H3,(H2,30,31,32,34)/t14-,16-,19-,20+/m1/s1. The van der Waals surface area contributed by atoms with Crippen molar-refractivity contribution in [2.24, 2.45) is 5.92 Å². The minimum atomic E-state index is -4.43. The van der Waals surface area contributed by atoms with Crippen LogP contribution in [0.2, 0.25) is 0 Å². The number of carbonyl (C=O) groups is 1. The molecule has 2 N–H and O–H groups in total. The molecule has 214 valence electrons. The highest BCUT2D eigenvalue weighted by atomic mass is 32.1. The number of nitrogens with one attached hydrogen (secondary N) is 2. The second kappa shape index (κ2) is 10.00. The lowest BCUT2D eigenvalue weighted by molar-refractivity contribution is -0.157. The third-order valence-electron chi connectivity index (χ3n) is 7.25. The maximum atomic E-state index is 13.0. The molecule has 2 saturated heterocycles. The number of ether oxygens (including phenoxy) is 3. The Balaban J connectivity index is 1.35. The molecule has 4 atom stereocenters. The highest BCUT2D eigenvalue weighted by Gasteiger charge is 2.55. The van der Waals surface area contributed by atoms with E-state index in [1.807, 2.05) is 38.1 Å². The van der Waals surface area contributed by atoms with Crippen LogP contribution in [0.15, 0.2) is 24.3 Å². The van der Waals surface area contributed by atoms with E-state index in [0.717, 1.165) is 10.2 Å². The van der Waals surface area contributed by atoms with Crippen LogP contribution in [0.3, 0.4) is 0 Å². The van der Waals surface area contributed by atoms with Gasteiger partial charge in [-0.2, -0.15) is 18.2 Å². The number of aromatic nitrogens is 3. The monoisotopic (exact) mass is 578 g/mol. The van der Waals surface area contributed by atoms with Gasteiger partial charge in [0, 0.05) is 12.5 Å². The summed E-state index contributed by atoms with van der Waals surface area (Å²) in [5.41, 5.74) is 1.90. The molecule has 1 aliphatic carbocycles. The number of carbonyl (C=O) groups excluding carboxylic acids is 1. The van der Waals surface area contributed by atoms with E-state index < -0.39 is 18.5 Å². The third kappa shape index (κ3) is 5.39. The van der Waals surface area contributed by atoms with Crippen molar-refractivity contribution >= 4 is 39.4 Å². The lowest BCUT2D eigenvalue weighted by Gasteiger charge is -2.26. The summed E-state index contributed by atoms with van der Waals surface area (Å²) in [6.45, 7) is 5.45. The molecule has 3 fully saturated rings. The molecule has 6 rings (SSSR count). The summed E-state index contributed by atoms with van der Waals surface area (Å²) >= 11 is 1.46. The molecular formula is C26H29F3N6O4S. The number of anilines is 2. The van der Waals surface area contributed by atoms with Gasteiger partial charge in [0.1, 0.15) is 30.1 Å². The Labute approximate surface area is 232 Å². The van der Waals surface area contributed by atoms with Crippen LogP contribution >= 0.6 is 11.3 Å². The Morgan fingerprint density at radius 3 is 2.65 bits per heavy atom. The number of aryl methyl sites for hydroxylation is 1. The van der Waals surface area contributed by atoms with Crippen molar-refractivity contribution in [2.45, 2.75) is 57.4 Å². The van der Waals surface area contributed by atoms with Crippen molar-refractivity contribution in [3.05, 3.63) is 30.0 Å². The number of hydrogen-bond acceptors (Lipinski definition) is 10. The second-order valence-corrected chi connectivity index (χ2v) is 11.7. The van der Waals surface area contributed by atoms with Crippen molar-refractivity contribution in [1.82, 2.24) is 19.9 Å². The highest BCUT2D eigenvalue weighted by molar-refractivity contribution is 7.21. The average Bonchev–Trinajstić information content (AvgIpc) is 3.62. The molecule has 0 radical (unpaired) electrons.